The van der Waals surface area contributed by atoms with Crippen molar-refractivity contribution >= 4 is 22.6 Å². The van der Waals surface area contributed by atoms with Crippen LogP contribution in [0.15, 0.2) is 42.5 Å². The third-order valence-corrected chi connectivity index (χ3v) is 4.63. The molecule has 1 N–H and O–H groups in total. The fourth-order valence-electron chi connectivity index (χ4n) is 2.49. The summed E-state index contributed by atoms with van der Waals surface area (Å²) in [4.78, 5) is 0. The molecule has 1 atom stereocenters. The Balaban J connectivity index is 2.24. The Morgan fingerprint density at radius 1 is 1.14 bits per heavy atom. The minimum absolute atomic E-state index is 0.0951. The zero-order chi connectivity index (χ0) is 15.2. The van der Waals surface area contributed by atoms with Crippen molar-refractivity contribution in [2.45, 2.75) is 32.2 Å². The number of aryl methyl sites for hydroxylation is 1. The molecule has 0 heterocycles. The summed E-state index contributed by atoms with van der Waals surface area (Å²) in [7, 11) is 1.94. The maximum Gasteiger partial charge on any atom is 0.124 e. The predicted octanol–water partition coefficient (Wildman–Crippen LogP) is 5.08. The summed E-state index contributed by atoms with van der Waals surface area (Å²) < 4.78 is 14.2. The third-order valence-electron chi connectivity index (χ3n) is 3.69. The minimum atomic E-state index is -0.187. The van der Waals surface area contributed by atoms with Crippen LogP contribution in [0.4, 0.5) is 4.39 Å². The molecule has 2 rings (SSSR count). The van der Waals surface area contributed by atoms with Gasteiger partial charge in [0, 0.05) is 3.57 Å². The lowest BCUT2D eigenvalue weighted by Gasteiger charge is -2.19. The maximum absolute atomic E-state index is 13.3. The van der Waals surface area contributed by atoms with Crippen LogP contribution < -0.4 is 5.32 Å². The molecular formula is C18H21FIN. The number of halogens is 2. The van der Waals surface area contributed by atoms with Crippen LogP contribution in [-0.4, -0.2) is 7.05 Å². The van der Waals surface area contributed by atoms with Crippen LogP contribution in [0.25, 0.3) is 0 Å². The minimum Gasteiger partial charge on any atom is -0.309 e. The molecule has 2 aromatic rings. The van der Waals surface area contributed by atoms with Crippen molar-refractivity contribution in [3.05, 3.63) is 68.5 Å². The first-order valence-electron chi connectivity index (χ1n) is 7.36. The fraction of sp³-hybridized carbons (Fsp3) is 0.333. The molecule has 3 heteroatoms. The van der Waals surface area contributed by atoms with Crippen LogP contribution in [0, 0.1) is 9.39 Å². The van der Waals surface area contributed by atoms with E-state index in [2.05, 4.69) is 59.1 Å². The van der Waals surface area contributed by atoms with E-state index in [-0.39, 0.29) is 11.9 Å². The number of rotatable bonds is 6. The topological polar surface area (TPSA) is 12.0 Å². The summed E-state index contributed by atoms with van der Waals surface area (Å²) >= 11 is 2.20. The molecule has 2 aromatic carbocycles. The van der Waals surface area contributed by atoms with Gasteiger partial charge in [0.05, 0.1) is 6.04 Å². The van der Waals surface area contributed by atoms with Crippen molar-refractivity contribution in [3.8, 4) is 0 Å². The Bertz CT molecular complexity index is 580. The first-order chi connectivity index (χ1) is 10.2. The van der Waals surface area contributed by atoms with Crippen LogP contribution in [0.3, 0.4) is 0 Å². The summed E-state index contributed by atoms with van der Waals surface area (Å²) in [6, 6.07) is 13.8. The summed E-state index contributed by atoms with van der Waals surface area (Å²) in [5.41, 5.74) is 3.70. The molecule has 1 unspecified atom stereocenters. The molecule has 1 nitrogen and oxygen atoms in total. The van der Waals surface area contributed by atoms with E-state index < -0.39 is 0 Å². The highest BCUT2D eigenvalue weighted by Crippen LogP contribution is 2.27. The third kappa shape index (κ3) is 4.27. The van der Waals surface area contributed by atoms with Crippen molar-refractivity contribution < 1.29 is 4.39 Å². The summed E-state index contributed by atoms with van der Waals surface area (Å²) in [5, 5.41) is 3.33. The lowest BCUT2D eigenvalue weighted by Crippen LogP contribution is -2.18. The van der Waals surface area contributed by atoms with Gasteiger partial charge in [-0.3, -0.25) is 0 Å². The zero-order valence-electron chi connectivity index (χ0n) is 12.5. The monoisotopic (exact) mass is 397 g/mol. The van der Waals surface area contributed by atoms with Crippen molar-refractivity contribution in [3.63, 3.8) is 0 Å². The molecule has 0 spiro atoms. The van der Waals surface area contributed by atoms with Gasteiger partial charge in [-0.1, -0.05) is 43.7 Å². The van der Waals surface area contributed by atoms with Gasteiger partial charge in [-0.25, -0.2) is 4.39 Å². The van der Waals surface area contributed by atoms with Gasteiger partial charge in [-0.05, 0) is 71.3 Å². The fourth-order valence-corrected chi connectivity index (χ4v) is 3.28. The average molecular weight is 397 g/mol. The van der Waals surface area contributed by atoms with Gasteiger partial charge in [-0.15, -0.1) is 0 Å². The Kier molecular flexibility index (Phi) is 6.18. The number of hydrogen-bond donors (Lipinski definition) is 1. The van der Waals surface area contributed by atoms with Crippen LogP contribution in [0.2, 0.25) is 0 Å². The van der Waals surface area contributed by atoms with Gasteiger partial charge >= 0.3 is 0 Å². The van der Waals surface area contributed by atoms with E-state index in [1.807, 2.05) is 13.1 Å². The first-order valence-corrected chi connectivity index (χ1v) is 8.44. The summed E-state index contributed by atoms with van der Waals surface area (Å²) in [5.74, 6) is -0.187. The molecule has 0 bridgehead atoms. The Hall–Kier alpha value is -0.940. The molecule has 0 aliphatic rings. The highest BCUT2D eigenvalue weighted by Gasteiger charge is 2.15. The SMILES string of the molecule is CCCCc1ccc(C(NC)c2ccc(F)cc2I)cc1. The van der Waals surface area contributed by atoms with Gasteiger partial charge in [0.25, 0.3) is 0 Å². The second-order valence-corrected chi connectivity index (χ2v) is 6.39. The van der Waals surface area contributed by atoms with Gasteiger partial charge in [0.1, 0.15) is 5.82 Å². The summed E-state index contributed by atoms with van der Waals surface area (Å²) in [6.07, 6.45) is 3.58. The normalized spacial score (nSPS) is 12.4. The van der Waals surface area contributed by atoms with E-state index >= 15 is 0 Å². The molecule has 0 fully saturated rings. The molecule has 0 radical (unpaired) electrons. The van der Waals surface area contributed by atoms with Crippen LogP contribution in [0.1, 0.15) is 42.5 Å². The number of hydrogen-bond acceptors (Lipinski definition) is 1. The zero-order valence-corrected chi connectivity index (χ0v) is 14.7. The van der Waals surface area contributed by atoms with E-state index in [9.17, 15) is 4.39 Å². The van der Waals surface area contributed by atoms with Crippen LogP contribution in [-0.2, 0) is 6.42 Å². The molecule has 112 valence electrons. The van der Waals surface area contributed by atoms with E-state index in [0.717, 1.165) is 15.6 Å². The Morgan fingerprint density at radius 3 is 2.43 bits per heavy atom. The predicted molar refractivity (Wildman–Crippen MR) is 95.1 cm³/mol. The van der Waals surface area contributed by atoms with E-state index in [4.69, 9.17) is 0 Å². The number of benzene rings is 2. The molecule has 0 aliphatic carbocycles. The lowest BCUT2D eigenvalue weighted by molar-refractivity contribution is 0.621. The maximum atomic E-state index is 13.3. The van der Waals surface area contributed by atoms with E-state index in [0.29, 0.717) is 0 Å². The molecule has 0 saturated heterocycles. The van der Waals surface area contributed by atoms with Gasteiger partial charge in [0.15, 0.2) is 0 Å². The van der Waals surface area contributed by atoms with Crippen molar-refractivity contribution in [2.24, 2.45) is 0 Å². The summed E-state index contributed by atoms with van der Waals surface area (Å²) in [6.45, 7) is 2.21. The first kappa shape index (κ1) is 16.4. The number of unbranched alkanes of at least 4 members (excludes halogenated alkanes) is 1. The average Bonchev–Trinajstić information content (AvgIpc) is 2.49. The highest BCUT2D eigenvalue weighted by molar-refractivity contribution is 14.1. The van der Waals surface area contributed by atoms with Crippen LogP contribution >= 0.6 is 22.6 Å². The highest BCUT2D eigenvalue weighted by atomic mass is 127. The van der Waals surface area contributed by atoms with Crippen molar-refractivity contribution in [1.29, 1.82) is 0 Å². The van der Waals surface area contributed by atoms with Gasteiger partial charge < -0.3 is 5.32 Å². The number of nitrogens with one attached hydrogen (secondary N) is 1. The second kappa shape index (κ2) is 7.90. The molecular weight excluding hydrogens is 376 g/mol. The van der Waals surface area contributed by atoms with Gasteiger partial charge in [-0.2, -0.15) is 0 Å². The standard InChI is InChI=1S/C18H21FIN/c1-3-4-5-13-6-8-14(9-7-13)18(21-2)16-11-10-15(19)12-17(16)20/h6-12,18,21H,3-5H2,1-2H3. The Morgan fingerprint density at radius 2 is 1.86 bits per heavy atom. The molecule has 0 amide bonds. The Labute approximate surface area is 140 Å². The molecule has 0 aromatic heterocycles. The van der Waals surface area contributed by atoms with Crippen molar-refractivity contribution in [1.82, 2.24) is 5.32 Å². The van der Waals surface area contributed by atoms with E-state index in [1.54, 1.807) is 6.07 Å². The van der Waals surface area contributed by atoms with Crippen molar-refractivity contribution in [2.75, 3.05) is 7.05 Å². The van der Waals surface area contributed by atoms with E-state index in [1.165, 1.54) is 30.0 Å². The lowest BCUT2D eigenvalue weighted by atomic mass is 9.97. The molecule has 21 heavy (non-hydrogen) atoms. The second-order valence-electron chi connectivity index (χ2n) is 5.23. The van der Waals surface area contributed by atoms with Crippen LogP contribution in [0.5, 0.6) is 0 Å². The molecule has 0 aliphatic heterocycles. The quantitative estimate of drug-likeness (QED) is 0.671. The largest absolute Gasteiger partial charge is 0.309 e. The van der Waals surface area contributed by atoms with Gasteiger partial charge in [0.2, 0.25) is 0 Å². The smallest absolute Gasteiger partial charge is 0.124 e. The molecule has 0 saturated carbocycles.